The molecule has 0 saturated heterocycles. The number of methoxy groups -OCH3 is 1. The Morgan fingerprint density at radius 2 is 2.00 bits per heavy atom. The van der Waals surface area contributed by atoms with Crippen molar-refractivity contribution >= 4 is 5.78 Å². The Labute approximate surface area is 121 Å². The van der Waals surface area contributed by atoms with Gasteiger partial charge >= 0.3 is 0 Å². The number of ketones is 1. The van der Waals surface area contributed by atoms with Crippen molar-refractivity contribution in [1.29, 1.82) is 0 Å². The molecule has 1 aliphatic heterocycles. The molecule has 5 heteroatoms. The molecule has 2 aromatic rings. The Hall–Kier alpha value is -2.69. The van der Waals surface area contributed by atoms with Gasteiger partial charge in [-0.25, -0.2) is 0 Å². The average Bonchev–Trinajstić information content (AvgIpc) is 2.48. The Kier molecular flexibility index (Phi) is 3.17. The fourth-order valence-electron chi connectivity index (χ4n) is 2.41. The van der Waals surface area contributed by atoms with E-state index in [0.29, 0.717) is 16.9 Å². The summed E-state index contributed by atoms with van der Waals surface area (Å²) < 4.78 is 10.7. The molecule has 2 aromatic carbocycles. The van der Waals surface area contributed by atoms with Crippen LogP contribution >= 0.6 is 0 Å². The minimum absolute atomic E-state index is 0.00236. The molecule has 0 amide bonds. The molecule has 108 valence electrons. The van der Waals surface area contributed by atoms with E-state index in [1.54, 1.807) is 24.3 Å². The molecule has 0 bridgehead atoms. The third-order valence-electron chi connectivity index (χ3n) is 3.50. The van der Waals surface area contributed by atoms with E-state index >= 15 is 0 Å². The maximum absolute atomic E-state index is 12.3. The van der Waals surface area contributed by atoms with Gasteiger partial charge in [-0.1, -0.05) is 12.1 Å². The zero-order valence-electron chi connectivity index (χ0n) is 11.4. The van der Waals surface area contributed by atoms with Crippen molar-refractivity contribution in [2.24, 2.45) is 0 Å². The fourth-order valence-corrected chi connectivity index (χ4v) is 2.41. The SMILES string of the molecule is COc1cc(C2Oc3cccc(O)c3CC2=O)ccc1O. The third kappa shape index (κ3) is 2.27. The first-order valence-electron chi connectivity index (χ1n) is 6.47. The number of carbonyl (C=O) groups is 1. The average molecular weight is 286 g/mol. The second-order valence-electron chi connectivity index (χ2n) is 4.83. The van der Waals surface area contributed by atoms with Crippen LogP contribution in [0.25, 0.3) is 0 Å². The summed E-state index contributed by atoms with van der Waals surface area (Å²) in [4.78, 5) is 12.3. The number of phenolic OH excluding ortho intramolecular Hbond substituents is 2. The van der Waals surface area contributed by atoms with Gasteiger partial charge in [0, 0.05) is 17.5 Å². The molecule has 3 rings (SSSR count). The van der Waals surface area contributed by atoms with Crippen molar-refractivity contribution in [1.82, 2.24) is 0 Å². The van der Waals surface area contributed by atoms with Crippen LogP contribution in [0.4, 0.5) is 0 Å². The summed E-state index contributed by atoms with van der Waals surface area (Å²) in [6.45, 7) is 0. The predicted octanol–water partition coefficient (Wildman–Crippen LogP) is 2.35. The first-order chi connectivity index (χ1) is 10.1. The number of phenols is 2. The number of ether oxygens (including phenoxy) is 2. The molecule has 1 heterocycles. The van der Waals surface area contributed by atoms with Crippen LogP contribution in [-0.2, 0) is 11.2 Å². The molecule has 0 aromatic heterocycles. The molecular weight excluding hydrogens is 272 g/mol. The van der Waals surface area contributed by atoms with Crippen LogP contribution < -0.4 is 9.47 Å². The van der Waals surface area contributed by atoms with E-state index in [4.69, 9.17) is 9.47 Å². The highest BCUT2D eigenvalue weighted by molar-refractivity contribution is 5.89. The Bertz CT molecular complexity index is 708. The van der Waals surface area contributed by atoms with Gasteiger partial charge in [0.25, 0.3) is 0 Å². The normalized spacial score (nSPS) is 17.0. The number of benzene rings is 2. The maximum Gasteiger partial charge on any atom is 0.182 e. The van der Waals surface area contributed by atoms with E-state index in [9.17, 15) is 15.0 Å². The van der Waals surface area contributed by atoms with Gasteiger partial charge in [-0.15, -0.1) is 0 Å². The van der Waals surface area contributed by atoms with E-state index in [1.807, 2.05) is 0 Å². The van der Waals surface area contributed by atoms with Gasteiger partial charge in [-0.05, 0) is 24.3 Å². The summed E-state index contributed by atoms with van der Waals surface area (Å²) in [5.74, 6) is 0.680. The lowest BCUT2D eigenvalue weighted by Crippen LogP contribution is -2.25. The van der Waals surface area contributed by atoms with Crippen molar-refractivity contribution < 1.29 is 24.5 Å². The van der Waals surface area contributed by atoms with Gasteiger partial charge in [0.15, 0.2) is 23.4 Å². The van der Waals surface area contributed by atoms with E-state index in [-0.39, 0.29) is 29.5 Å². The van der Waals surface area contributed by atoms with Crippen LogP contribution in [0.5, 0.6) is 23.0 Å². The van der Waals surface area contributed by atoms with Gasteiger partial charge in [0.2, 0.25) is 0 Å². The highest BCUT2D eigenvalue weighted by atomic mass is 16.5. The molecule has 0 fully saturated rings. The lowest BCUT2D eigenvalue weighted by atomic mass is 9.95. The first-order valence-corrected chi connectivity index (χ1v) is 6.47. The van der Waals surface area contributed by atoms with E-state index < -0.39 is 6.10 Å². The molecule has 0 spiro atoms. The minimum Gasteiger partial charge on any atom is -0.508 e. The molecule has 5 nitrogen and oxygen atoms in total. The number of aromatic hydroxyl groups is 2. The van der Waals surface area contributed by atoms with Crippen LogP contribution in [-0.4, -0.2) is 23.1 Å². The summed E-state index contributed by atoms with van der Waals surface area (Å²) in [5.41, 5.74) is 1.10. The highest BCUT2D eigenvalue weighted by Gasteiger charge is 2.31. The fraction of sp³-hybridized carbons (Fsp3) is 0.188. The topological polar surface area (TPSA) is 76.0 Å². The lowest BCUT2D eigenvalue weighted by Gasteiger charge is -2.26. The molecule has 21 heavy (non-hydrogen) atoms. The summed E-state index contributed by atoms with van der Waals surface area (Å²) in [7, 11) is 1.44. The van der Waals surface area contributed by atoms with Crippen molar-refractivity contribution in [3.63, 3.8) is 0 Å². The summed E-state index contributed by atoms with van der Waals surface area (Å²) in [6, 6.07) is 9.56. The van der Waals surface area contributed by atoms with Crippen LogP contribution in [0.3, 0.4) is 0 Å². The van der Waals surface area contributed by atoms with Gasteiger partial charge in [0.1, 0.15) is 11.5 Å². The lowest BCUT2D eigenvalue weighted by molar-refractivity contribution is -0.126. The second kappa shape index (κ2) is 5.01. The molecular formula is C16H14O5. The smallest absolute Gasteiger partial charge is 0.182 e. The standard InChI is InChI=1S/C16H14O5/c1-20-15-7-9(5-6-12(15)18)16-13(19)8-10-11(17)3-2-4-14(10)21-16/h2-7,16-18H,8H2,1H3. The van der Waals surface area contributed by atoms with Crippen molar-refractivity contribution in [2.45, 2.75) is 12.5 Å². The Balaban J connectivity index is 1.99. The molecule has 1 atom stereocenters. The van der Waals surface area contributed by atoms with Crippen LogP contribution in [0.15, 0.2) is 36.4 Å². The van der Waals surface area contributed by atoms with Crippen molar-refractivity contribution in [3.8, 4) is 23.0 Å². The minimum atomic E-state index is -0.770. The number of hydrogen-bond donors (Lipinski definition) is 2. The van der Waals surface area contributed by atoms with E-state index in [0.717, 1.165) is 0 Å². The largest absolute Gasteiger partial charge is 0.508 e. The number of fused-ring (bicyclic) bond motifs is 1. The quantitative estimate of drug-likeness (QED) is 0.886. The summed E-state index contributed by atoms with van der Waals surface area (Å²) in [5, 5.41) is 19.4. The zero-order valence-corrected chi connectivity index (χ0v) is 11.4. The Morgan fingerprint density at radius 3 is 2.76 bits per heavy atom. The molecule has 2 N–H and O–H groups in total. The first kappa shape index (κ1) is 13.3. The van der Waals surface area contributed by atoms with Crippen LogP contribution in [0.2, 0.25) is 0 Å². The summed E-state index contributed by atoms with van der Waals surface area (Å²) >= 11 is 0. The predicted molar refractivity (Wildman–Crippen MR) is 74.8 cm³/mol. The van der Waals surface area contributed by atoms with Gasteiger partial charge in [0.05, 0.1) is 7.11 Å². The van der Waals surface area contributed by atoms with Crippen LogP contribution in [0, 0.1) is 0 Å². The maximum atomic E-state index is 12.3. The monoisotopic (exact) mass is 286 g/mol. The Morgan fingerprint density at radius 1 is 1.19 bits per heavy atom. The van der Waals surface area contributed by atoms with Gasteiger partial charge in [-0.3, -0.25) is 4.79 Å². The number of Topliss-reactive ketones (excluding diaryl/α,β-unsaturated/α-hetero) is 1. The van der Waals surface area contributed by atoms with Crippen molar-refractivity contribution in [3.05, 3.63) is 47.5 Å². The van der Waals surface area contributed by atoms with Gasteiger partial charge < -0.3 is 19.7 Å². The van der Waals surface area contributed by atoms with Crippen LogP contribution in [0.1, 0.15) is 17.2 Å². The molecule has 0 saturated carbocycles. The number of carbonyl (C=O) groups excluding carboxylic acids is 1. The highest BCUT2D eigenvalue weighted by Crippen LogP contribution is 2.38. The summed E-state index contributed by atoms with van der Waals surface area (Å²) in [6.07, 6.45) is -0.663. The van der Waals surface area contributed by atoms with Gasteiger partial charge in [-0.2, -0.15) is 0 Å². The molecule has 0 aliphatic carbocycles. The zero-order chi connectivity index (χ0) is 15.0. The number of hydrogen-bond acceptors (Lipinski definition) is 5. The molecule has 0 radical (unpaired) electrons. The number of rotatable bonds is 2. The third-order valence-corrected chi connectivity index (χ3v) is 3.50. The molecule has 1 unspecified atom stereocenters. The van der Waals surface area contributed by atoms with Crippen molar-refractivity contribution in [2.75, 3.05) is 7.11 Å². The van der Waals surface area contributed by atoms with E-state index in [1.165, 1.54) is 19.2 Å². The second-order valence-corrected chi connectivity index (χ2v) is 4.83. The van der Waals surface area contributed by atoms with E-state index in [2.05, 4.69) is 0 Å². The molecule has 1 aliphatic rings.